The van der Waals surface area contributed by atoms with E-state index in [1.54, 1.807) is 18.5 Å². The number of thiazole rings is 1. The molecule has 3 heterocycles. The summed E-state index contributed by atoms with van der Waals surface area (Å²) in [6.07, 6.45) is 3.37. The van der Waals surface area contributed by atoms with Crippen molar-refractivity contribution >= 4 is 34.7 Å². The van der Waals surface area contributed by atoms with Gasteiger partial charge in [0, 0.05) is 29.6 Å². The number of para-hydroxylation sites is 1. The summed E-state index contributed by atoms with van der Waals surface area (Å²) in [7, 11) is 0. The van der Waals surface area contributed by atoms with E-state index >= 15 is 0 Å². The number of carbonyl (C=O) groups is 1. The van der Waals surface area contributed by atoms with Crippen molar-refractivity contribution in [3.8, 4) is 10.8 Å². The molecule has 1 unspecified atom stereocenters. The SMILES string of the molecule is Cc1nc(-c2ncccn2)sc1C(=O)N1CC(C)CSc2ccccc21. The highest BCUT2D eigenvalue weighted by Gasteiger charge is 2.28. The molecule has 0 bridgehead atoms. The van der Waals surface area contributed by atoms with Gasteiger partial charge in [-0.25, -0.2) is 15.0 Å². The highest BCUT2D eigenvalue weighted by Crippen LogP contribution is 2.37. The predicted molar refractivity (Wildman–Crippen MR) is 106 cm³/mol. The first kappa shape index (κ1) is 17.2. The van der Waals surface area contributed by atoms with E-state index in [1.165, 1.54) is 11.3 Å². The third-order valence-electron chi connectivity index (χ3n) is 4.17. The third kappa shape index (κ3) is 3.24. The Labute approximate surface area is 160 Å². The van der Waals surface area contributed by atoms with Gasteiger partial charge in [-0.3, -0.25) is 4.79 Å². The second kappa shape index (κ2) is 7.17. The van der Waals surface area contributed by atoms with Crippen LogP contribution < -0.4 is 4.90 Å². The molecule has 0 fully saturated rings. The Morgan fingerprint density at radius 3 is 2.77 bits per heavy atom. The number of carbonyl (C=O) groups excluding carboxylic acids is 1. The molecule has 7 heteroatoms. The van der Waals surface area contributed by atoms with Gasteiger partial charge in [0.25, 0.3) is 5.91 Å². The second-order valence-electron chi connectivity index (χ2n) is 6.31. The van der Waals surface area contributed by atoms with Gasteiger partial charge in [0.1, 0.15) is 4.88 Å². The first-order chi connectivity index (χ1) is 12.6. The van der Waals surface area contributed by atoms with E-state index in [2.05, 4.69) is 27.9 Å². The van der Waals surface area contributed by atoms with E-state index in [-0.39, 0.29) is 5.91 Å². The first-order valence-electron chi connectivity index (χ1n) is 8.42. The minimum atomic E-state index is 0.00369. The lowest BCUT2D eigenvalue weighted by Gasteiger charge is -2.23. The molecule has 132 valence electrons. The summed E-state index contributed by atoms with van der Waals surface area (Å²) in [5.41, 5.74) is 1.71. The molecule has 4 rings (SSSR count). The molecule has 0 spiro atoms. The van der Waals surface area contributed by atoms with Crippen LogP contribution in [0.4, 0.5) is 5.69 Å². The minimum Gasteiger partial charge on any atom is -0.306 e. The maximum Gasteiger partial charge on any atom is 0.270 e. The number of rotatable bonds is 2. The molecule has 0 N–H and O–H groups in total. The number of fused-ring (bicyclic) bond motifs is 1. The highest BCUT2D eigenvalue weighted by atomic mass is 32.2. The molecule has 1 aliphatic heterocycles. The molecule has 1 amide bonds. The van der Waals surface area contributed by atoms with Gasteiger partial charge in [0.15, 0.2) is 10.8 Å². The zero-order chi connectivity index (χ0) is 18.1. The fourth-order valence-corrected chi connectivity index (χ4v) is 4.95. The van der Waals surface area contributed by atoms with Crippen molar-refractivity contribution in [2.45, 2.75) is 18.7 Å². The fourth-order valence-electron chi connectivity index (χ4n) is 2.91. The zero-order valence-corrected chi connectivity index (χ0v) is 16.2. The monoisotopic (exact) mass is 382 g/mol. The number of benzene rings is 1. The van der Waals surface area contributed by atoms with Crippen LogP contribution >= 0.6 is 23.1 Å². The van der Waals surface area contributed by atoms with Gasteiger partial charge in [0.2, 0.25) is 0 Å². The molecule has 26 heavy (non-hydrogen) atoms. The average Bonchev–Trinajstić information content (AvgIpc) is 2.98. The lowest BCUT2D eigenvalue weighted by atomic mass is 10.1. The number of nitrogens with zero attached hydrogens (tertiary/aromatic N) is 4. The van der Waals surface area contributed by atoms with Gasteiger partial charge in [-0.15, -0.1) is 23.1 Å². The first-order valence-corrected chi connectivity index (χ1v) is 10.2. The van der Waals surface area contributed by atoms with Crippen LogP contribution in [0.3, 0.4) is 0 Å². The van der Waals surface area contributed by atoms with Gasteiger partial charge >= 0.3 is 0 Å². The Bertz CT molecular complexity index is 942. The van der Waals surface area contributed by atoms with Crippen LogP contribution in [-0.4, -0.2) is 33.2 Å². The van der Waals surface area contributed by atoms with E-state index in [4.69, 9.17) is 0 Å². The topological polar surface area (TPSA) is 59.0 Å². The standard InChI is InChI=1S/C19H18N4OS2/c1-12-10-23(14-6-3-4-7-15(14)25-11-12)19(24)16-13(2)22-18(26-16)17-20-8-5-9-21-17/h3-9,12H,10-11H2,1-2H3. The van der Waals surface area contributed by atoms with Crippen LogP contribution in [0.1, 0.15) is 22.3 Å². The number of hydrogen-bond donors (Lipinski definition) is 0. The average molecular weight is 383 g/mol. The number of aryl methyl sites for hydroxylation is 1. The largest absolute Gasteiger partial charge is 0.306 e. The van der Waals surface area contributed by atoms with E-state index in [1.807, 2.05) is 41.8 Å². The third-order valence-corrected chi connectivity index (χ3v) is 6.70. The predicted octanol–water partition coefficient (Wildman–Crippen LogP) is 4.30. The molecule has 0 saturated carbocycles. The van der Waals surface area contributed by atoms with Crippen LogP contribution in [0.15, 0.2) is 47.6 Å². The molecular formula is C19H18N4OS2. The Hall–Kier alpha value is -2.25. The molecule has 3 aromatic rings. The van der Waals surface area contributed by atoms with Crippen LogP contribution in [0.5, 0.6) is 0 Å². The summed E-state index contributed by atoms with van der Waals surface area (Å²) >= 11 is 3.18. The smallest absolute Gasteiger partial charge is 0.270 e. The molecule has 1 aromatic carbocycles. The van der Waals surface area contributed by atoms with Crippen molar-refractivity contribution in [3.05, 3.63) is 53.3 Å². The van der Waals surface area contributed by atoms with Gasteiger partial charge in [-0.2, -0.15) is 0 Å². The molecule has 0 radical (unpaired) electrons. The van der Waals surface area contributed by atoms with E-state index in [9.17, 15) is 4.79 Å². The van der Waals surface area contributed by atoms with Crippen molar-refractivity contribution in [1.29, 1.82) is 0 Å². The molecule has 2 aromatic heterocycles. The molecule has 0 saturated heterocycles. The van der Waals surface area contributed by atoms with Gasteiger partial charge < -0.3 is 4.90 Å². The Kier molecular flexibility index (Phi) is 4.74. The summed E-state index contributed by atoms with van der Waals surface area (Å²) in [6.45, 7) is 4.76. The van der Waals surface area contributed by atoms with Crippen molar-refractivity contribution in [2.75, 3.05) is 17.2 Å². The Balaban J connectivity index is 1.73. The summed E-state index contributed by atoms with van der Waals surface area (Å²) in [4.78, 5) is 30.1. The molecule has 1 aliphatic rings. The number of amides is 1. The normalized spacial score (nSPS) is 16.8. The number of hydrogen-bond acceptors (Lipinski definition) is 6. The molecule has 0 aliphatic carbocycles. The highest BCUT2D eigenvalue weighted by molar-refractivity contribution is 7.99. The van der Waals surface area contributed by atoms with Crippen molar-refractivity contribution in [3.63, 3.8) is 0 Å². The van der Waals surface area contributed by atoms with Crippen LogP contribution in [0.2, 0.25) is 0 Å². The van der Waals surface area contributed by atoms with E-state index in [0.717, 1.165) is 22.0 Å². The van der Waals surface area contributed by atoms with Gasteiger partial charge in [0.05, 0.1) is 11.4 Å². The molecular weight excluding hydrogens is 364 g/mol. The van der Waals surface area contributed by atoms with Crippen molar-refractivity contribution in [1.82, 2.24) is 15.0 Å². The maximum absolute atomic E-state index is 13.4. The lowest BCUT2D eigenvalue weighted by Crippen LogP contribution is -2.34. The number of thioether (sulfide) groups is 1. The minimum absolute atomic E-state index is 0.00369. The van der Waals surface area contributed by atoms with Crippen LogP contribution in [0.25, 0.3) is 10.8 Å². The summed E-state index contributed by atoms with van der Waals surface area (Å²) < 4.78 is 0. The zero-order valence-electron chi connectivity index (χ0n) is 14.5. The Morgan fingerprint density at radius 2 is 1.96 bits per heavy atom. The number of anilines is 1. The van der Waals surface area contributed by atoms with Crippen molar-refractivity contribution < 1.29 is 4.79 Å². The fraction of sp³-hybridized carbons (Fsp3) is 0.263. The quantitative estimate of drug-likeness (QED) is 0.661. The molecule has 1 atom stereocenters. The van der Waals surface area contributed by atoms with E-state index < -0.39 is 0 Å². The summed E-state index contributed by atoms with van der Waals surface area (Å²) in [6, 6.07) is 9.88. The van der Waals surface area contributed by atoms with Crippen molar-refractivity contribution in [2.24, 2.45) is 5.92 Å². The summed E-state index contributed by atoms with van der Waals surface area (Å²) in [5, 5.41) is 0.678. The molecule has 5 nitrogen and oxygen atoms in total. The number of aromatic nitrogens is 3. The lowest BCUT2D eigenvalue weighted by molar-refractivity contribution is 0.0987. The van der Waals surface area contributed by atoms with Crippen LogP contribution in [-0.2, 0) is 0 Å². The van der Waals surface area contributed by atoms with Gasteiger partial charge in [-0.1, -0.05) is 19.1 Å². The maximum atomic E-state index is 13.4. The van der Waals surface area contributed by atoms with E-state index in [0.29, 0.717) is 28.2 Å². The van der Waals surface area contributed by atoms with Crippen LogP contribution in [0, 0.1) is 12.8 Å². The summed E-state index contributed by atoms with van der Waals surface area (Å²) in [5.74, 6) is 1.98. The second-order valence-corrected chi connectivity index (χ2v) is 8.37. The Morgan fingerprint density at radius 1 is 1.19 bits per heavy atom. The van der Waals surface area contributed by atoms with Gasteiger partial charge in [-0.05, 0) is 31.0 Å².